The van der Waals surface area contributed by atoms with Gasteiger partial charge in [-0.25, -0.2) is 0 Å². The lowest BCUT2D eigenvalue weighted by Crippen LogP contribution is -2.41. The van der Waals surface area contributed by atoms with Gasteiger partial charge in [0.2, 0.25) is 5.91 Å². The maximum absolute atomic E-state index is 11.8. The normalized spacial score (nSPS) is 27.7. The van der Waals surface area contributed by atoms with E-state index in [9.17, 15) is 4.79 Å². The molecule has 0 aromatic rings. The zero-order valence-corrected chi connectivity index (χ0v) is 9.88. The van der Waals surface area contributed by atoms with E-state index in [0.717, 1.165) is 19.4 Å². The van der Waals surface area contributed by atoms with Gasteiger partial charge in [0.15, 0.2) is 0 Å². The van der Waals surface area contributed by atoms with Crippen molar-refractivity contribution >= 4 is 5.91 Å². The summed E-state index contributed by atoms with van der Waals surface area (Å²) in [4.78, 5) is 11.8. The molecular formula is C11H22N2O2. The minimum atomic E-state index is 0.0547. The molecule has 3 unspecified atom stereocenters. The third-order valence-corrected chi connectivity index (χ3v) is 3.02. The summed E-state index contributed by atoms with van der Waals surface area (Å²) >= 11 is 0. The lowest BCUT2D eigenvalue weighted by Gasteiger charge is -2.18. The third-order valence-electron chi connectivity index (χ3n) is 3.02. The van der Waals surface area contributed by atoms with Crippen LogP contribution in [0.25, 0.3) is 0 Å². The molecule has 0 bridgehead atoms. The van der Waals surface area contributed by atoms with E-state index < -0.39 is 0 Å². The van der Waals surface area contributed by atoms with Crippen LogP contribution in [0.5, 0.6) is 0 Å². The van der Waals surface area contributed by atoms with Crippen LogP contribution in [0, 0.1) is 5.92 Å². The lowest BCUT2D eigenvalue weighted by molar-refractivity contribution is -0.126. The summed E-state index contributed by atoms with van der Waals surface area (Å²) in [5, 5.41) is 6.05. The molecule has 3 atom stereocenters. The smallest absolute Gasteiger partial charge is 0.225 e. The van der Waals surface area contributed by atoms with Crippen LogP contribution in [0.1, 0.15) is 26.7 Å². The van der Waals surface area contributed by atoms with Crippen molar-refractivity contribution in [3.63, 3.8) is 0 Å². The summed E-state index contributed by atoms with van der Waals surface area (Å²) < 4.78 is 5.49. The van der Waals surface area contributed by atoms with E-state index in [-0.39, 0.29) is 17.9 Å². The van der Waals surface area contributed by atoms with Crippen LogP contribution in [-0.4, -0.2) is 38.3 Å². The van der Waals surface area contributed by atoms with E-state index in [0.29, 0.717) is 12.6 Å². The topological polar surface area (TPSA) is 50.4 Å². The van der Waals surface area contributed by atoms with E-state index in [1.165, 1.54) is 0 Å². The molecule has 1 rings (SSSR count). The van der Waals surface area contributed by atoms with Crippen molar-refractivity contribution in [2.24, 2.45) is 5.92 Å². The van der Waals surface area contributed by atoms with Gasteiger partial charge in [-0.15, -0.1) is 0 Å². The number of likely N-dealkylation sites (N-methyl/N-ethyl adjacent to an activating group) is 1. The number of hydrogen-bond donors (Lipinski definition) is 2. The Morgan fingerprint density at radius 2 is 2.33 bits per heavy atom. The molecule has 1 saturated heterocycles. The Kier molecular flexibility index (Phi) is 5.05. The molecule has 4 nitrogen and oxygen atoms in total. The van der Waals surface area contributed by atoms with Gasteiger partial charge < -0.3 is 15.4 Å². The maximum Gasteiger partial charge on any atom is 0.225 e. The highest BCUT2D eigenvalue weighted by molar-refractivity contribution is 5.79. The molecule has 0 aromatic carbocycles. The van der Waals surface area contributed by atoms with Crippen molar-refractivity contribution in [3.8, 4) is 0 Å². The average molecular weight is 214 g/mol. The molecule has 4 heteroatoms. The summed E-state index contributed by atoms with van der Waals surface area (Å²) in [5.74, 6) is 0.195. The monoisotopic (exact) mass is 214 g/mol. The second-order valence-corrected chi connectivity index (χ2v) is 4.15. The predicted octanol–water partition coefficient (Wildman–Crippen LogP) is 0.526. The molecule has 0 aliphatic carbocycles. The van der Waals surface area contributed by atoms with E-state index in [2.05, 4.69) is 17.6 Å². The Hall–Kier alpha value is -0.610. The van der Waals surface area contributed by atoms with Gasteiger partial charge >= 0.3 is 0 Å². The fourth-order valence-electron chi connectivity index (χ4n) is 1.84. The molecule has 15 heavy (non-hydrogen) atoms. The van der Waals surface area contributed by atoms with Crippen molar-refractivity contribution in [1.29, 1.82) is 0 Å². The zero-order chi connectivity index (χ0) is 11.3. The summed E-state index contributed by atoms with van der Waals surface area (Å²) in [5.41, 5.74) is 0. The molecule has 0 radical (unpaired) electrons. The van der Waals surface area contributed by atoms with Crippen LogP contribution < -0.4 is 10.6 Å². The summed E-state index contributed by atoms with van der Waals surface area (Å²) in [6.07, 6.45) is 1.90. The van der Waals surface area contributed by atoms with Gasteiger partial charge in [0.05, 0.1) is 12.0 Å². The van der Waals surface area contributed by atoms with Gasteiger partial charge in [-0.1, -0.05) is 6.92 Å². The van der Waals surface area contributed by atoms with Crippen LogP contribution in [0.3, 0.4) is 0 Å². The quantitative estimate of drug-likeness (QED) is 0.701. The number of amides is 1. The molecule has 0 aromatic heterocycles. The molecule has 88 valence electrons. The zero-order valence-electron chi connectivity index (χ0n) is 9.88. The fraction of sp³-hybridized carbons (Fsp3) is 0.909. The van der Waals surface area contributed by atoms with Gasteiger partial charge in [0, 0.05) is 19.2 Å². The van der Waals surface area contributed by atoms with E-state index in [1.807, 2.05) is 14.0 Å². The van der Waals surface area contributed by atoms with Gasteiger partial charge in [-0.05, 0) is 26.8 Å². The summed E-state index contributed by atoms with van der Waals surface area (Å²) in [7, 11) is 1.89. The van der Waals surface area contributed by atoms with Crippen molar-refractivity contribution < 1.29 is 9.53 Å². The van der Waals surface area contributed by atoms with E-state index in [4.69, 9.17) is 4.74 Å². The van der Waals surface area contributed by atoms with Gasteiger partial charge in [-0.2, -0.15) is 0 Å². The Bertz CT molecular complexity index is 209. The van der Waals surface area contributed by atoms with Gasteiger partial charge in [0.1, 0.15) is 0 Å². The van der Waals surface area contributed by atoms with Crippen LogP contribution >= 0.6 is 0 Å². The summed E-state index contributed by atoms with van der Waals surface area (Å²) in [6, 6.07) is 0.316. The second-order valence-electron chi connectivity index (χ2n) is 4.15. The number of rotatable bonds is 5. The average Bonchev–Trinajstić information content (AvgIpc) is 2.73. The Balaban J connectivity index is 2.33. The molecule has 1 aliphatic heterocycles. The first-order valence-electron chi connectivity index (χ1n) is 5.75. The third kappa shape index (κ3) is 3.47. The Labute approximate surface area is 91.8 Å². The minimum Gasteiger partial charge on any atom is -0.377 e. The molecule has 0 spiro atoms. The number of nitrogens with one attached hydrogen (secondary N) is 2. The second kappa shape index (κ2) is 6.08. The van der Waals surface area contributed by atoms with Crippen LogP contribution in [0.15, 0.2) is 0 Å². The molecule has 2 N–H and O–H groups in total. The number of hydrogen-bond acceptors (Lipinski definition) is 3. The number of carbonyl (C=O) groups excluding carboxylic acids is 1. The standard InChI is InChI=1S/C11H22N2O2/c1-4-10-9(5-6-15-10)11(14)13-7-8(2)12-3/h8-10,12H,4-7H2,1-3H3,(H,13,14). The highest BCUT2D eigenvalue weighted by Crippen LogP contribution is 2.23. The van der Waals surface area contributed by atoms with Crippen LogP contribution in [-0.2, 0) is 9.53 Å². The SMILES string of the molecule is CCC1OCCC1C(=O)NCC(C)NC. The highest BCUT2D eigenvalue weighted by atomic mass is 16.5. The lowest BCUT2D eigenvalue weighted by atomic mass is 9.98. The molecule has 1 amide bonds. The molecule has 1 heterocycles. The van der Waals surface area contributed by atoms with Crippen molar-refractivity contribution in [2.45, 2.75) is 38.8 Å². The summed E-state index contributed by atoms with van der Waals surface area (Å²) in [6.45, 7) is 5.51. The fourth-order valence-corrected chi connectivity index (χ4v) is 1.84. The van der Waals surface area contributed by atoms with Gasteiger partial charge in [-0.3, -0.25) is 4.79 Å². The van der Waals surface area contributed by atoms with E-state index >= 15 is 0 Å². The van der Waals surface area contributed by atoms with Crippen molar-refractivity contribution in [3.05, 3.63) is 0 Å². The highest BCUT2D eigenvalue weighted by Gasteiger charge is 2.32. The molecule has 1 aliphatic rings. The Morgan fingerprint density at radius 1 is 1.60 bits per heavy atom. The number of carbonyl (C=O) groups is 1. The van der Waals surface area contributed by atoms with Crippen LogP contribution in [0.4, 0.5) is 0 Å². The first-order valence-corrected chi connectivity index (χ1v) is 5.75. The minimum absolute atomic E-state index is 0.0547. The maximum atomic E-state index is 11.8. The largest absolute Gasteiger partial charge is 0.377 e. The first-order chi connectivity index (χ1) is 7.19. The van der Waals surface area contributed by atoms with Gasteiger partial charge in [0.25, 0.3) is 0 Å². The van der Waals surface area contributed by atoms with E-state index in [1.54, 1.807) is 0 Å². The Morgan fingerprint density at radius 3 is 2.93 bits per heavy atom. The first kappa shape index (κ1) is 12.5. The molecular weight excluding hydrogens is 192 g/mol. The molecule has 1 fully saturated rings. The van der Waals surface area contributed by atoms with Crippen molar-refractivity contribution in [1.82, 2.24) is 10.6 Å². The predicted molar refractivity (Wildman–Crippen MR) is 59.7 cm³/mol. The number of ether oxygens (including phenoxy) is 1. The van der Waals surface area contributed by atoms with Crippen LogP contribution in [0.2, 0.25) is 0 Å². The van der Waals surface area contributed by atoms with Crippen molar-refractivity contribution in [2.75, 3.05) is 20.2 Å². The molecule has 0 saturated carbocycles.